The smallest absolute Gasteiger partial charge is 0.226 e. The van der Waals surface area contributed by atoms with Crippen molar-refractivity contribution >= 4 is 26.7 Å². The van der Waals surface area contributed by atoms with Gasteiger partial charge in [0.25, 0.3) is 0 Å². The highest BCUT2D eigenvalue weighted by molar-refractivity contribution is 7.90. The van der Waals surface area contributed by atoms with Gasteiger partial charge in [0.05, 0.1) is 16.1 Å². The maximum absolute atomic E-state index is 11.8. The largest absolute Gasteiger partial charge is 0.338 e. The van der Waals surface area contributed by atoms with Crippen LogP contribution in [0.1, 0.15) is 18.5 Å². The van der Waals surface area contributed by atoms with Crippen LogP contribution in [-0.2, 0) is 9.84 Å². The lowest BCUT2D eigenvalue weighted by atomic mass is 10.2. The molecule has 1 aromatic heterocycles. The molecule has 3 heterocycles. The number of anilines is 1. The Balaban J connectivity index is 1.79. The topological polar surface area (TPSA) is 75.2 Å². The Morgan fingerprint density at radius 3 is 2.52 bits per heavy atom. The molecule has 0 saturated carbocycles. The SMILES string of the molecule is Cc1nc(N2C[C@H]3CC[C@@H](C2)N3)nc2cc(S(C)(=O)=O)ccc12. The van der Waals surface area contributed by atoms with E-state index < -0.39 is 9.84 Å². The van der Waals surface area contributed by atoms with Gasteiger partial charge in [-0.15, -0.1) is 0 Å². The van der Waals surface area contributed by atoms with Crippen LogP contribution in [0.2, 0.25) is 0 Å². The van der Waals surface area contributed by atoms with Crippen LogP contribution in [0.5, 0.6) is 0 Å². The molecule has 6 nitrogen and oxygen atoms in total. The van der Waals surface area contributed by atoms with Crippen molar-refractivity contribution in [3.05, 3.63) is 23.9 Å². The Bertz CT molecular complexity index is 869. The third-order valence-electron chi connectivity index (χ3n) is 4.77. The highest BCUT2D eigenvalue weighted by Gasteiger charge is 2.33. The lowest BCUT2D eigenvalue weighted by Gasteiger charge is -2.33. The summed E-state index contributed by atoms with van der Waals surface area (Å²) in [5.74, 6) is 0.707. The van der Waals surface area contributed by atoms with Crippen LogP contribution < -0.4 is 10.2 Å². The number of piperazine rings is 1. The van der Waals surface area contributed by atoms with E-state index in [1.54, 1.807) is 18.2 Å². The average molecular weight is 332 g/mol. The van der Waals surface area contributed by atoms with Gasteiger partial charge < -0.3 is 10.2 Å². The molecule has 1 aromatic carbocycles. The van der Waals surface area contributed by atoms with Gasteiger partial charge in [-0.2, -0.15) is 0 Å². The zero-order valence-corrected chi connectivity index (χ0v) is 14.1. The Morgan fingerprint density at radius 2 is 1.87 bits per heavy atom. The minimum Gasteiger partial charge on any atom is -0.338 e. The van der Waals surface area contributed by atoms with E-state index in [1.807, 2.05) is 6.92 Å². The van der Waals surface area contributed by atoms with Crippen molar-refractivity contribution < 1.29 is 8.42 Å². The molecule has 2 saturated heterocycles. The number of benzene rings is 1. The molecule has 0 aliphatic carbocycles. The highest BCUT2D eigenvalue weighted by atomic mass is 32.2. The van der Waals surface area contributed by atoms with Crippen molar-refractivity contribution in [3.8, 4) is 0 Å². The first-order valence-electron chi connectivity index (χ1n) is 7.89. The van der Waals surface area contributed by atoms with E-state index in [0.717, 1.165) is 24.2 Å². The number of aromatic nitrogens is 2. The van der Waals surface area contributed by atoms with Gasteiger partial charge in [0.1, 0.15) is 0 Å². The second kappa shape index (κ2) is 5.14. The summed E-state index contributed by atoms with van der Waals surface area (Å²) in [6, 6.07) is 6.09. The van der Waals surface area contributed by atoms with Gasteiger partial charge in [0.2, 0.25) is 5.95 Å². The quantitative estimate of drug-likeness (QED) is 0.893. The molecule has 23 heavy (non-hydrogen) atoms. The molecule has 2 aromatic rings. The lowest BCUT2D eigenvalue weighted by Crippen LogP contribution is -2.51. The van der Waals surface area contributed by atoms with Gasteiger partial charge in [-0.1, -0.05) is 0 Å². The van der Waals surface area contributed by atoms with Gasteiger partial charge in [-0.3, -0.25) is 0 Å². The summed E-state index contributed by atoms with van der Waals surface area (Å²) in [7, 11) is -3.24. The van der Waals surface area contributed by atoms with E-state index >= 15 is 0 Å². The number of rotatable bonds is 2. The maximum Gasteiger partial charge on any atom is 0.226 e. The molecule has 4 rings (SSSR count). The van der Waals surface area contributed by atoms with E-state index in [0.29, 0.717) is 28.4 Å². The van der Waals surface area contributed by atoms with Crippen molar-refractivity contribution in [3.63, 3.8) is 0 Å². The zero-order valence-electron chi connectivity index (χ0n) is 13.3. The van der Waals surface area contributed by atoms with Crippen LogP contribution >= 0.6 is 0 Å². The van der Waals surface area contributed by atoms with Crippen LogP contribution in [-0.4, -0.2) is 49.8 Å². The number of fused-ring (bicyclic) bond motifs is 3. The van der Waals surface area contributed by atoms with E-state index in [9.17, 15) is 8.42 Å². The summed E-state index contributed by atoms with van der Waals surface area (Å²) in [6.45, 7) is 3.77. The van der Waals surface area contributed by atoms with Gasteiger partial charge in [-0.25, -0.2) is 18.4 Å². The standard InChI is InChI=1S/C16H20N4O2S/c1-10-14-6-5-13(23(2,21)22)7-15(14)19-16(17-10)20-8-11-3-4-12(9-20)18-11/h5-7,11-12,18H,3-4,8-9H2,1-2H3/t11-,12+. The van der Waals surface area contributed by atoms with Crippen LogP contribution in [0.4, 0.5) is 5.95 Å². The van der Waals surface area contributed by atoms with Crippen LogP contribution in [0.3, 0.4) is 0 Å². The number of aryl methyl sites for hydroxylation is 1. The first kappa shape index (κ1) is 14.8. The summed E-state index contributed by atoms with van der Waals surface area (Å²) in [5, 5.41) is 4.50. The summed E-state index contributed by atoms with van der Waals surface area (Å²) in [6.07, 6.45) is 3.62. The molecule has 2 bridgehead atoms. The van der Waals surface area contributed by atoms with Gasteiger partial charge in [-0.05, 0) is 38.0 Å². The molecule has 1 N–H and O–H groups in total. The van der Waals surface area contributed by atoms with E-state index in [1.165, 1.54) is 19.1 Å². The fourth-order valence-corrected chi connectivity index (χ4v) is 4.23. The van der Waals surface area contributed by atoms with Crippen LogP contribution in [0.15, 0.2) is 23.1 Å². The van der Waals surface area contributed by atoms with Crippen molar-refractivity contribution in [1.82, 2.24) is 15.3 Å². The van der Waals surface area contributed by atoms with Gasteiger partial charge in [0, 0.05) is 36.8 Å². The minimum atomic E-state index is -3.24. The number of nitrogens with zero attached hydrogens (tertiary/aromatic N) is 3. The Labute approximate surface area is 135 Å². The lowest BCUT2D eigenvalue weighted by molar-refractivity contribution is 0.461. The Kier molecular flexibility index (Phi) is 3.32. The summed E-state index contributed by atoms with van der Waals surface area (Å²) in [4.78, 5) is 11.8. The summed E-state index contributed by atoms with van der Waals surface area (Å²) >= 11 is 0. The fraction of sp³-hybridized carbons (Fsp3) is 0.500. The van der Waals surface area contributed by atoms with Crippen LogP contribution in [0.25, 0.3) is 10.9 Å². The van der Waals surface area contributed by atoms with Gasteiger partial charge in [0.15, 0.2) is 9.84 Å². The molecule has 0 radical (unpaired) electrons. The van der Waals surface area contributed by atoms with Crippen molar-refractivity contribution in [2.75, 3.05) is 24.2 Å². The number of sulfone groups is 1. The van der Waals surface area contributed by atoms with Crippen molar-refractivity contribution in [2.24, 2.45) is 0 Å². The summed E-state index contributed by atoms with van der Waals surface area (Å²) < 4.78 is 23.6. The number of hydrogen-bond acceptors (Lipinski definition) is 6. The molecular weight excluding hydrogens is 312 g/mol. The predicted octanol–water partition coefficient (Wildman–Crippen LogP) is 1.28. The second-order valence-electron chi connectivity index (χ2n) is 6.60. The molecule has 0 spiro atoms. The molecule has 2 fully saturated rings. The Morgan fingerprint density at radius 1 is 1.17 bits per heavy atom. The molecule has 7 heteroatoms. The van der Waals surface area contributed by atoms with E-state index in [4.69, 9.17) is 0 Å². The second-order valence-corrected chi connectivity index (χ2v) is 8.62. The molecule has 0 unspecified atom stereocenters. The minimum absolute atomic E-state index is 0.300. The molecular formula is C16H20N4O2S. The first-order chi connectivity index (χ1) is 10.9. The third-order valence-corrected chi connectivity index (χ3v) is 5.88. The first-order valence-corrected chi connectivity index (χ1v) is 9.79. The molecule has 2 atom stereocenters. The van der Waals surface area contributed by atoms with E-state index in [-0.39, 0.29) is 0 Å². The predicted molar refractivity (Wildman–Crippen MR) is 89.5 cm³/mol. The highest BCUT2D eigenvalue weighted by Crippen LogP contribution is 2.26. The molecule has 122 valence electrons. The monoisotopic (exact) mass is 332 g/mol. The molecule has 2 aliphatic heterocycles. The molecule has 2 aliphatic rings. The average Bonchev–Trinajstić information content (AvgIpc) is 2.84. The number of hydrogen-bond donors (Lipinski definition) is 1. The fourth-order valence-electron chi connectivity index (χ4n) is 3.59. The molecule has 0 amide bonds. The zero-order chi connectivity index (χ0) is 16.2. The Hall–Kier alpha value is -1.73. The van der Waals surface area contributed by atoms with E-state index in [2.05, 4.69) is 20.2 Å². The summed E-state index contributed by atoms with van der Waals surface area (Å²) in [5.41, 5.74) is 1.58. The van der Waals surface area contributed by atoms with Crippen molar-refractivity contribution in [2.45, 2.75) is 36.7 Å². The number of nitrogens with one attached hydrogen (secondary N) is 1. The normalized spacial score (nSPS) is 24.3. The van der Waals surface area contributed by atoms with Crippen LogP contribution in [0, 0.1) is 6.92 Å². The maximum atomic E-state index is 11.8. The van der Waals surface area contributed by atoms with Crippen molar-refractivity contribution in [1.29, 1.82) is 0 Å². The third kappa shape index (κ3) is 2.68. The van der Waals surface area contributed by atoms with Gasteiger partial charge >= 0.3 is 0 Å².